The maximum atomic E-state index is 12.6. The normalized spacial score (nSPS) is 18.0. The number of sulfonamides is 1. The fourth-order valence-corrected chi connectivity index (χ4v) is 5.26. The van der Waals surface area contributed by atoms with Gasteiger partial charge in [0.15, 0.2) is 0 Å². The van der Waals surface area contributed by atoms with Gasteiger partial charge in [0.25, 0.3) is 0 Å². The molecule has 0 spiro atoms. The Labute approximate surface area is 135 Å². The monoisotopic (exact) mass is 374 g/mol. The zero-order chi connectivity index (χ0) is 15.5. The quantitative estimate of drug-likeness (QED) is 0.804. The van der Waals surface area contributed by atoms with Gasteiger partial charge in [-0.05, 0) is 66.4 Å². The Morgan fingerprint density at radius 1 is 1.33 bits per heavy atom. The van der Waals surface area contributed by atoms with E-state index in [-0.39, 0.29) is 6.04 Å². The summed E-state index contributed by atoms with van der Waals surface area (Å²) >= 11 is 3.35. The van der Waals surface area contributed by atoms with Crippen LogP contribution >= 0.6 is 15.9 Å². The van der Waals surface area contributed by atoms with Crippen LogP contribution in [0.3, 0.4) is 0 Å². The third kappa shape index (κ3) is 4.28. The number of nitrogens with one attached hydrogen (secondary N) is 2. The molecule has 1 aromatic carbocycles. The molecular formula is C15H23BrN2O2S. The van der Waals surface area contributed by atoms with E-state index in [0.717, 1.165) is 18.4 Å². The third-order valence-electron chi connectivity index (χ3n) is 4.11. The van der Waals surface area contributed by atoms with Gasteiger partial charge in [-0.1, -0.05) is 18.9 Å². The molecule has 1 atom stereocenters. The van der Waals surface area contributed by atoms with E-state index in [9.17, 15) is 8.42 Å². The summed E-state index contributed by atoms with van der Waals surface area (Å²) in [6, 6.07) is 5.42. The molecule has 1 aliphatic rings. The van der Waals surface area contributed by atoms with Crippen molar-refractivity contribution < 1.29 is 8.42 Å². The van der Waals surface area contributed by atoms with Crippen LogP contribution < -0.4 is 10.0 Å². The van der Waals surface area contributed by atoms with Gasteiger partial charge in [0.2, 0.25) is 10.0 Å². The molecule has 2 N–H and O–H groups in total. The van der Waals surface area contributed by atoms with E-state index in [0.29, 0.717) is 21.8 Å². The number of halogens is 1. The minimum atomic E-state index is -3.49. The standard InChI is InChI=1S/C15H23BrN2O2S/c1-11(13-5-3-4-6-13)18-21(19,20)15-9-12(10-17-2)7-8-14(15)16/h7-9,11,13,17-18H,3-6,10H2,1-2H3. The molecule has 1 aliphatic carbocycles. The molecule has 0 radical (unpaired) electrons. The van der Waals surface area contributed by atoms with E-state index in [1.54, 1.807) is 12.1 Å². The summed E-state index contributed by atoms with van der Waals surface area (Å²) in [5, 5.41) is 3.04. The van der Waals surface area contributed by atoms with E-state index in [1.807, 2.05) is 20.0 Å². The first-order chi connectivity index (χ1) is 9.94. The smallest absolute Gasteiger partial charge is 0.241 e. The second kappa shape index (κ2) is 7.22. The van der Waals surface area contributed by atoms with Crippen molar-refractivity contribution in [3.63, 3.8) is 0 Å². The van der Waals surface area contributed by atoms with Gasteiger partial charge in [-0.2, -0.15) is 0 Å². The first kappa shape index (κ1) is 16.9. The van der Waals surface area contributed by atoms with Crippen LogP contribution in [0.2, 0.25) is 0 Å². The van der Waals surface area contributed by atoms with Gasteiger partial charge in [0.1, 0.15) is 0 Å². The predicted octanol–water partition coefficient (Wildman–Crippen LogP) is 3.03. The van der Waals surface area contributed by atoms with Crippen LogP contribution in [-0.2, 0) is 16.6 Å². The van der Waals surface area contributed by atoms with E-state index < -0.39 is 10.0 Å². The minimum Gasteiger partial charge on any atom is -0.316 e. The van der Waals surface area contributed by atoms with E-state index >= 15 is 0 Å². The second-order valence-electron chi connectivity index (χ2n) is 5.75. The SMILES string of the molecule is CNCc1ccc(Br)c(S(=O)(=O)NC(C)C2CCCC2)c1. The van der Waals surface area contributed by atoms with Crippen molar-refractivity contribution in [2.24, 2.45) is 5.92 Å². The molecule has 1 fully saturated rings. The van der Waals surface area contributed by atoms with Crippen LogP contribution in [-0.4, -0.2) is 21.5 Å². The highest BCUT2D eigenvalue weighted by Crippen LogP contribution is 2.29. The average molecular weight is 375 g/mol. The van der Waals surface area contributed by atoms with Crippen LogP contribution in [0.15, 0.2) is 27.6 Å². The zero-order valence-corrected chi connectivity index (χ0v) is 14.9. The summed E-state index contributed by atoms with van der Waals surface area (Å²) in [7, 11) is -1.65. The molecule has 1 saturated carbocycles. The molecule has 0 amide bonds. The van der Waals surface area contributed by atoms with Gasteiger partial charge in [0, 0.05) is 17.1 Å². The number of hydrogen-bond acceptors (Lipinski definition) is 3. The first-order valence-corrected chi connectivity index (χ1v) is 9.67. The number of rotatable bonds is 6. The van der Waals surface area contributed by atoms with Crippen LogP contribution in [0, 0.1) is 5.92 Å². The molecule has 1 aromatic rings. The third-order valence-corrected chi connectivity index (χ3v) is 6.67. The van der Waals surface area contributed by atoms with Gasteiger partial charge < -0.3 is 5.32 Å². The topological polar surface area (TPSA) is 58.2 Å². The van der Waals surface area contributed by atoms with Crippen LogP contribution in [0.5, 0.6) is 0 Å². The highest BCUT2D eigenvalue weighted by Gasteiger charge is 2.27. The molecular weight excluding hydrogens is 352 g/mol. The summed E-state index contributed by atoms with van der Waals surface area (Å²) in [6.07, 6.45) is 4.64. The van der Waals surface area contributed by atoms with Gasteiger partial charge in [-0.3, -0.25) is 0 Å². The lowest BCUT2D eigenvalue weighted by molar-refractivity contribution is 0.424. The van der Waals surface area contributed by atoms with Crippen molar-refractivity contribution in [3.05, 3.63) is 28.2 Å². The molecule has 4 nitrogen and oxygen atoms in total. The van der Waals surface area contributed by atoms with Crippen molar-refractivity contribution in [3.8, 4) is 0 Å². The molecule has 21 heavy (non-hydrogen) atoms. The van der Waals surface area contributed by atoms with Crippen molar-refractivity contribution in [1.29, 1.82) is 0 Å². The summed E-state index contributed by atoms with van der Waals surface area (Å²) in [5.41, 5.74) is 0.953. The summed E-state index contributed by atoms with van der Waals surface area (Å²) in [4.78, 5) is 0.320. The Morgan fingerprint density at radius 3 is 2.62 bits per heavy atom. The maximum absolute atomic E-state index is 12.6. The first-order valence-electron chi connectivity index (χ1n) is 7.39. The fourth-order valence-electron chi connectivity index (χ4n) is 2.93. The molecule has 0 saturated heterocycles. The van der Waals surface area contributed by atoms with Crippen LogP contribution in [0.4, 0.5) is 0 Å². The van der Waals surface area contributed by atoms with Gasteiger partial charge in [0.05, 0.1) is 4.90 Å². The summed E-state index contributed by atoms with van der Waals surface area (Å²) in [5.74, 6) is 0.457. The van der Waals surface area contributed by atoms with Gasteiger partial charge in [-0.15, -0.1) is 0 Å². The highest BCUT2D eigenvalue weighted by molar-refractivity contribution is 9.10. The van der Waals surface area contributed by atoms with E-state index in [1.165, 1.54) is 12.8 Å². The van der Waals surface area contributed by atoms with Crippen LogP contribution in [0.1, 0.15) is 38.2 Å². The number of benzene rings is 1. The van der Waals surface area contributed by atoms with Gasteiger partial charge >= 0.3 is 0 Å². The Balaban J connectivity index is 2.19. The highest BCUT2D eigenvalue weighted by atomic mass is 79.9. The Hall–Kier alpha value is -0.430. The lowest BCUT2D eigenvalue weighted by atomic mass is 10.0. The van der Waals surface area contributed by atoms with E-state index in [4.69, 9.17) is 0 Å². The maximum Gasteiger partial charge on any atom is 0.241 e. The molecule has 1 unspecified atom stereocenters. The van der Waals surface area contributed by atoms with Crippen molar-refractivity contribution >= 4 is 26.0 Å². The van der Waals surface area contributed by atoms with Crippen molar-refractivity contribution in [2.45, 2.75) is 50.1 Å². The Morgan fingerprint density at radius 2 is 2.00 bits per heavy atom. The lowest BCUT2D eigenvalue weighted by Crippen LogP contribution is -2.37. The minimum absolute atomic E-state index is 0.0163. The second-order valence-corrected chi connectivity index (χ2v) is 8.29. The van der Waals surface area contributed by atoms with Crippen LogP contribution in [0.25, 0.3) is 0 Å². The summed E-state index contributed by atoms with van der Waals surface area (Å²) < 4.78 is 28.7. The molecule has 6 heteroatoms. The Bertz CT molecular complexity index is 583. The van der Waals surface area contributed by atoms with Crippen molar-refractivity contribution in [1.82, 2.24) is 10.0 Å². The zero-order valence-electron chi connectivity index (χ0n) is 12.5. The average Bonchev–Trinajstić information content (AvgIpc) is 2.94. The molecule has 0 aliphatic heterocycles. The Kier molecular flexibility index (Phi) is 5.82. The molecule has 118 valence electrons. The van der Waals surface area contributed by atoms with Gasteiger partial charge in [-0.25, -0.2) is 13.1 Å². The fraction of sp³-hybridized carbons (Fsp3) is 0.600. The molecule has 0 bridgehead atoms. The molecule has 0 aromatic heterocycles. The largest absolute Gasteiger partial charge is 0.316 e. The molecule has 2 rings (SSSR count). The summed E-state index contributed by atoms with van der Waals surface area (Å²) in [6.45, 7) is 2.62. The van der Waals surface area contributed by atoms with Crippen molar-refractivity contribution in [2.75, 3.05) is 7.05 Å². The lowest BCUT2D eigenvalue weighted by Gasteiger charge is -2.21. The predicted molar refractivity (Wildman–Crippen MR) is 88.6 cm³/mol. The molecule has 0 heterocycles. The number of hydrogen-bond donors (Lipinski definition) is 2. The van der Waals surface area contributed by atoms with E-state index in [2.05, 4.69) is 26.0 Å².